The molecule has 1 rings (SSSR count). The molecular weight excluding hydrogens is 292 g/mol. The van der Waals surface area contributed by atoms with E-state index in [0.717, 1.165) is 19.3 Å². The summed E-state index contributed by atoms with van der Waals surface area (Å²) in [4.78, 5) is 26.4. The van der Waals surface area contributed by atoms with Crippen LogP contribution in [0.1, 0.15) is 49.4 Å². The normalized spacial score (nSPS) is 11.9. The molecule has 2 N–H and O–H groups in total. The fourth-order valence-corrected chi connectivity index (χ4v) is 2.41. The Morgan fingerprint density at radius 2 is 2.14 bits per heavy atom. The van der Waals surface area contributed by atoms with Gasteiger partial charge in [-0.2, -0.15) is 0 Å². The molecule has 116 valence electrons. The number of hydrogen-bond donors (Lipinski definition) is 2. The predicted octanol–water partition coefficient (Wildman–Crippen LogP) is 3.14. The van der Waals surface area contributed by atoms with Crippen molar-refractivity contribution in [1.82, 2.24) is 10.3 Å². The fourth-order valence-electron chi connectivity index (χ4n) is 2.21. The van der Waals surface area contributed by atoms with Crippen molar-refractivity contribution in [2.75, 3.05) is 6.54 Å². The van der Waals surface area contributed by atoms with Crippen LogP contribution >= 0.6 is 11.6 Å². The van der Waals surface area contributed by atoms with E-state index in [0.29, 0.717) is 24.4 Å². The van der Waals surface area contributed by atoms with Crippen molar-refractivity contribution < 1.29 is 14.7 Å². The van der Waals surface area contributed by atoms with Crippen LogP contribution in [0.15, 0.2) is 18.3 Å². The number of halogens is 1. The average molecular weight is 313 g/mol. The highest BCUT2D eigenvalue weighted by Crippen LogP contribution is 2.17. The molecule has 5 nitrogen and oxygen atoms in total. The van der Waals surface area contributed by atoms with E-state index in [2.05, 4.69) is 17.2 Å². The topological polar surface area (TPSA) is 79.3 Å². The van der Waals surface area contributed by atoms with Crippen LogP contribution in [0.2, 0.25) is 5.15 Å². The van der Waals surface area contributed by atoms with Gasteiger partial charge in [0.2, 0.25) is 0 Å². The summed E-state index contributed by atoms with van der Waals surface area (Å²) in [6.45, 7) is 2.58. The lowest BCUT2D eigenvalue weighted by atomic mass is 9.94. The maximum absolute atomic E-state index is 11.9. The minimum absolute atomic E-state index is 0.174. The lowest BCUT2D eigenvalue weighted by Crippen LogP contribution is -2.26. The Morgan fingerprint density at radius 3 is 2.76 bits per heavy atom. The number of aromatic nitrogens is 1. The monoisotopic (exact) mass is 312 g/mol. The molecule has 21 heavy (non-hydrogen) atoms. The van der Waals surface area contributed by atoms with Gasteiger partial charge in [0.15, 0.2) is 0 Å². The largest absolute Gasteiger partial charge is 0.481 e. The summed E-state index contributed by atoms with van der Waals surface area (Å²) in [5, 5.41) is 11.7. The molecule has 1 atom stereocenters. The molecule has 0 aromatic carbocycles. The zero-order chi connectivity index (χ0) is 15.7. The lowest BCUT2D eigenvalue weighted by molar-refractivity contribution is -0.137. The van der Waals surface area contributed by atoms with Gasteiger partial charge in [-0.05, 0) is 30.9 Å². The molecule has 0 aliphatic heterocycles. The second-order valence-corrected chi connectivity index (χ2v) is 5.33. The number of carbonyl (C=O) groups excluding carboxylic acids is 1. The molecule has 0 bridgehead atoms. The highest BCUT2D eigenvalue weighted by molar-refractivity contribution is 6.32. The van der Waals surface area contributed by atoms with Crippen LogP contribution in [0.25, 0.3) is 0 Å². The first kappa shape index (κ1) is 17.4. The van der Waals surface area contributed by atoms with Gasteiger partial charge in [0.25, 0.3) is 5.91 Å². The molecule has 1 aromatic heterocycles. The Hall–Kier alpha value is -1.62. The number of amides is 1. The van der Waals surface area contributed by atoms with Crippen molar-refractivity contribution >= 4 is 23.5 Å². The van der Waals surface area contributed by atoms with Gasteiger partial charge in [-0.15, -0.1) is 0 Å². The van der Waals surface area contributed by atoms with Crippen LogP contribution in [0.3, 0.4) is 0 Å². The van der Waals surface area contributed by atoms with E-state index in [1.165, 1.54) is 6.20 Å². The molecule has 1 heterocycles. The highest BCUT2D eigenvalue weighted by Gasteiger charge is 2.13. The smallest absolute Gasteiger partial charge is 0.303 e. The molecule has 0 spiro atoms. The molecule has 0 fully saturated rings. The third kappa shape index (κ3) is 6.58. The molecule has 0 aliphatic carbocycles. The number of nitrogens with one attached hydrogen (secondary N) is 1. The molecule has 1 aromatic rings. The van der Waals surface area contributed by atoms with Gasteiger partial charge < -0.3 is 10.4 Å². The third-order valence-electron chi connectivity index (χ3n) is 3.31. The number of rotatable bonds is 9. The number of nitrogens with zero attached hydrogens (tertiary/aromatic N) is 1. The van der Waals surface area contributed by atoms with E-state index in [1.807, 2.05) is 0 Å². The van der Waals surface area contributed by atoms with Crippen molar-refractivity contribution in [2.45, 2.75) is 39.0 Å². The van der Waals surface area contributed by atoms with Crippen molar-refractivity contribution in [1.29, 1.82) is 0 Å². The van der Waals surface area contributed by atoms with Crippen molar-refractivity contribution in [2.24, 2.45) is 5.92 Å². The first-order chi connectivity index (χ1) is 10.0. The average Bonchev–Trinajstić information content (AvgIpc) is 2.45. The molecule has 1 amide bonds. The molecule has 0 saturated heterocycles. The van der Waals surface area contributed by atoms with E-state index < -0.39 is 5.97 Å². The standard InChI is InChI=1S/C15H21ClN2O3/c1-2-4-11(6-7-13(19)20)8-10-18-15(21)12-5-3-9-17-14(12)16/h3,5,9,11H,2,4,6-8,10H2,1H3,(H,18,21)(H,19,20). The lowest BCUT2D eigenvalue weighted by Gasteiger charge is -2.15. The van der Waals surface area contributed by atoms with Gasteiger partial charge >= 0.3 is 5.97 Å². The molecule has 0 saturated carbocycles. The van der Waals surface area contributed by atoms with Crippen LogP contribution in [0.4, 0.5) is 0 Å². The number of carboxylic acids is 1. The summed E-state index contributed by atoms with van der Waals surface area (Å²) < 4.78 is 0. The molecular formula is C15H21ClN2O3. The second-order valence-electron chi connectivity index (χ2n) is 4.97. The number of pyridine rings is 1. The first-order valence-corrected chi connectivity index (χ1v) is 7.52. The maximum Gasteiger partial charge on any atom is 0.303 e. The van der Waals surface area contributed by atoms with Gasteiger partial charge in [0.1, 0.15) is 5.15 Å². The first-order valence-electron chi connectivity index (χ1n) is 7.15. The number of carbonyl (C=O) groups is 2. The minimum Gasteiger partial charge on any atom is -0.481 e. The van der Waals surface area contributed by atoms with E-state index in [9.17, 15) is 9.59 Å². The Bertz CT molecular complexity index is 480. The zero-order valence-corrected chi connectivity index (χ0v) is 12.9. The van der Waals surface area contributed by atoms with Crippen LogP contribution in [-0.4, -0.2) is 28.5 Å². The van der Waals surface area contributed by atoms with Gasteiger partial charge in [0, 0.05) is 19.2 Å². The Balaban J connectivity index is 2.41. The summed E-state index contributed by atoms with van der Waals surface area (Å²) >= 11 is 5.86. The Kier molecular flexibility index (Phi) is 7.75. The van der Waals surface area contributed by atoms with E-state index in [1.54, 1.807) is 12.1 Å². The molecule has 1 unspecified atom stereocenters. The van der Waals surface area contributed by atoms with Crippen LogP contribution in [-0.2, 0) is 4.79 Å². The third-order valence-corrected chi connectivity index (χ3v) is 3.61. The van der Waals surface area contributed by atoms with Gasteiger partial charge in [-0.25, -0.2) is 4.98 Å². The zero-order valence-electron chi connectivity index (χ0n) is 12.1. The predicted molar refractivity (Wildman–Crippen MR) is 81.5 cm³/mol. The SMILES string of the molecule is CCCC(CCNC(=O)c1cccnc1Cl)CCC(=O)O. The second kappa shape index (κ2) is 9.34. The summed E-state index contributed by atoms with van der Waals surface area (Å²) in [5.41, 5.74) is 0.358. The Labute approximate surface area is 129 Å². The van der Waals surface area contributed by atoms with Crippen LogP contribution in [0, 0.1) is 5.92 Å². The number of aliphatic carboxylic acids is 1. The van der Waals surface area contributed by atoms with Crippen LogP contribution < -0.4 is 5.32 Å². The maximum atomic E-state index is 11.9. The van der Waals surface area contributed by atoms with Crippen molar-refractivity contribution in [3.8, 4) is 0 Å². The number of carboxylic acid groups (broad SMARTS) is 1. The molecule has 0 radical (unpaired) electrons. The van der Waals surface area contributed by atoms with Crippen molar-refractivity contribution in [3.05, 3.63) is 29.0 Å². The van der Waals surface area contributed by atoms with Gasteiger partial charge in [-0.3, -0.25) is 9.59 Å². The fraction of sp³-hybridized carbons (Fsp3) is 0.533. The van der Waals surface area contributed by atoms with E-state index in [-0.39, 0.29) is 17.5 Å². The summed E-state index contributed by atoms with van der Waals surface area (Å²) in [6.07, 6.45) is 5.09. The summed E-state index contributed by atoms with van der Waals surface area (Å²) in [5.74, 6) is -0.709. The molecule has 0 aliphatic rings. The van der Waals surface area contributed by atoms with Crippen LogP contribution in [0.5, 0.6) is 0 Å². The molecule has 6 heteroatoms. The van der Waals surface area contributed by atoms with E-state index in [4.69, 9.17) is 16.7 Å². The number of hydrogen-bond acceptors (Lipinski definition) is 3. The van der Waals surface area contributed by atoms with Crippen molar-refractivity contribution in [3.63, 3.8) is 0 Å². The summed E-state index contributed by atoms with van der Waals surface area (Å²) in [6, 6.07) is 3.28. The van der Waals surface area contributed by atoms with Gasteiger partial charge in [0.05, 0.1) is 5.56 Å². The highest BCUT2D eigenvalue weighted by atomic mass is 35.5. The van der Waals surface area contributed by atoms with E-state index >= 15 is 0 Å². The van der Waals surface area contributed by atoms with Gasteiger partial charge in [-0.1, -0.05) is 31.4 Å². The summed E-state index contributed by atoms with van der Waals surface area (Å²) in [7, 11) is 0. The Morgan fingerprint density at radius 1 is 1.38 bits per heavy atom. The quantitative estimate of drug-likeness (QED) is 0.687. The minimum atomic E-state index is -0.776.